The molecule has 1 aromatic rings. The summed E-state index contributed by atoms with van der Waals surface area (Å²) in [5, 5.41) is 3.78. The van der Waals surface area contributed by atoms with Crippen LogP contribution in [0.4, 0.5) is 0 Å². The maximum atomic E-state index is 4.60. The van der Waals surface area contributed by atoms with Crippen molar-refractivity contribution < 1.29 is 0 Å². The lowest BCUT2D eigenvalue weighted by Gasteiger charge is -2.26. The molecule has 3 atom stereocenters. The Morgan fingerprint density at radius 3 is 3.11 bits per heavy atom. The molecule has 3 unspecified atom stereocenters. The summed E-state index contributed by atoms with van der Waals surface area (Å²) in [6.07, 6.45) is 9.96. The Kier molecular flexibility index (Phi) is 3.64. The topological polar surface area (TPSA) is 24.9 Å². The van der Waals surface area contributed by atoms with Crippen LogP contribution < -0.4 is 5.32 Å². The number of aromatic nitrogens is 1. The van der Waals surface area contributed by atoms with E-state index in [0.29, 0.717) is 6.04 Å². The zero-order chi connectivity index (χ0) is 12.4. The van der Waals surface area contributed by atoms with Crippen molar-refractivity contribution in [2.45, 2.75) is 51.5 Å². The van der Waals surface area contributed by atoms with Gasteiger partial charge in [-0.2, -0.15) is 0 Å². The lowest BCUT2D eigenvalue weighted by atomic mass is 9.91. The van der Waals surface area contributed by atoms with E-state index in [1.165, 1.54) is 56.3 Å². The van der Waals surface area contributed by atoms with Crippen molar-refractivity contribution in [1.29, 1.82) is 0 Å². The second-order valence-corrected chi connectivity index (χ2v) is 6.19. The quantitative estimate of drug-likeness (QED) is 0.880. The fourth-order valence-corrected chi connectivity index (χ4v) is 3.63. The second-order valence-electron chi connectivity index (χ2n) is 6.19. The first-order valence-electron chi connectivity index (χ1n) is 7.50. The van der Waals surface area contributed by atoms with Crippen LogP contribution in [0.1, 0.15) is 56.3 Å². The molecule has 0 saturated heterocycles. The molecule has 0 aromatic carbocycles. The smallest absolute Gasteiger partial charge is 0.0605 e. The van der Waals surface area contributed by atoms with Crippen LogP contribution in [0.3, 0.4) is 0 Å². The Balaban J connectivity index is 1.60. The van der Waals surface area contributed by atoms with Crippen molar-refractivity contribution in [2.24, 2.45) is 11.8 Å². The van der Waals surface area contributed by atoms with E-state index in [2.05, 4.69) is 29.4 Å². The molecule has 2 nitrogen and oxygen atoms in total. The second kappa shape index (κ2) is 5.40. The van der Waals surface area contributed by atoms with Crippen molar-refractivity contribution in [3.63, 3.8) is 0 Å². The Labute approximate surface area is 110 Å². The largest absolute Gasteiger partial charge is 0.308 e. The minimum absolute atomic E-state index is 0.505. The Bertz CT molecular complexity index is 402. The van der Waals surface area contributed by atoms with Gasteiger partial charge >= 0.3 is 0 Å². The zero-order valence-corrected chi connectivity index (χ0v) is 11.4. The van der Waals surface area contributed by atoms with Gasteiger partial charge in [0.2, 0.25) is 0 Å². The van der Waals surface area contributed by atoms with E-state index in [4.69, 9.17) is 0 Å². The molecule has 0 bridgehead atoms. The van der Waals surface area contributed by atoms with E-state index in [0.717, 1.165) is 11.8 Å². The summed E-state index contributed by atoms with van der Waals surface area (Å²) >= 11 is 0. The van der Waals surface area contributed by atoms with Crippen LogP contribution in [0, 0.1) is 11.8 Å². The van der Waals surface area contributed by atoms with E-state index in [1.807, 2.05) is 6.20 Å². The van der Waals surface area contributed by atoms with Gasteiger partial charge in [-0.1, -0.05) is 19.4 Å². The summed E-state index contributed by atoms with van der Waals surface area (Å²) < 4.78 is 0. The highest BCUT2D eigenvalue weighted by Gasteiger charge is 2.24. The number of nitrogens with zero attached hydrogens (tertiary/aromatic N) is 1. The van der Waals surface area contributed by atoms with Crippen LogP contribution >= 0.6 is 0 Å². The predicted molar refractivity (Wildman–Crippen MR) is 74.4 cm³/mol. The van der Waals surface area contributed by atoms with Gasteiger partial charge in [0, 0.05) is 12.2 Å². The molecule has 1 fully saturated rings. The number of nitrogens with one attached hydrogen (secondary N) is 1. The van der Waals surface area contributed by atoms with E-state index < -0.39 is 0 Å². The summed E-state index contributed by atoms with van der Waals surface area (Å²) in [7, 11) is 0. The minimum Gasteiger partial charge on any atom is -0.308 e. The molecule has 0 spiro atoms. The summed E-state index contributed by atoms with van der Waals surface area (Å²) in [6, 6.07) is 4.82. The third-order valence-corrected chi connectivity index (χ3v) is 4.65. The highest BCUT2D eigenvalue weighted by Crippen LogP contribution is 2.32. The molecule has 3 rings (SSSR count). The Morgan fingerprint density at radius 1 is 1.33 bits per heavy atom. The molecular weight excluding hydrogens is 220 g/mol. The Hall–Kier alpha value is -0.890. The molecular formula is C16H24N2. The molecule has 1 heterocycles. The molecule has 1 N–H and O–H groups in total. The fourth-order valence-electron chi connectivity index (χ4n) is 3.63. The van der Waals surface area contributed by atoms with Gasteiger partial charge in [-0.3, -0.25) is 4.98 Å². The van der Waals surface area contributed by atoms with E-state index in [-0.39, 0.29) is 0 Å². The summed E-state index contributed by atoms with van der Waals surface area (Å²) in [5.74, 6) is 1.84. The number of hydrogen-bond acceptors (Lipinski definition) is 2. The number of rotatable bonds is 3. The van der Waals surface area contributed by atoms with Crippen molar-refractivity contribution in [1.82, 2.24) is 10.3 Å². The third kappa shape index (κ3) is 2.59. The van der Waals surface area contributed by atoms with Crippen molar-refractivity contribution in [3.8, 4) is 0 Å². The van der Waals surface area contributed by atoms with Gasteiger partial charge in [0.15, 0.2) is 0 Å². The van der Waals surface area contributed by atoms with Gasteiger partial charge in [-0.05, 0) is 62.1 Å². The first-order valence-corrected chi connectivity index (χ1v) is 7.50. The third-order valence-electron chi connectivity index (χ3n) is 4.65. The molecule has 2 heteroatoms. The average molecular weight is 244 g/mol. The summed E-state index contributed by atoms with van der Waals surface area (Å²) in [6.45, 7) is 3.57. The highest BCUT2D eigenvalue weighted by molar-refractivity contribution is 5.25. The van der Waals surface area contributed by atoms with Crippen LogP contribution in [-0.2, 0) is 6.42 Å². The van der Waals surface area contributed by atoms with E-state index >= 15 is 0 Å². The van der Waals surface area contributed by atoms with Crippen LogP contribution in [0.5, 0.6) is 0 Å². The molecule has 18 heavy (non-hydrogen) atoms. The number of fused-ring (bicyclic) bond motifs is 1. The standard InChI is InChI=1S/C16H24N2/c1-12-7-8-13(10-12)11-18-15-6-2-4-14-5-3-9-17-16(14)15/h3,5,9,12-13,15,18H,2,4,6-8,10-11H2,1H3. The molecule has 0 amide bonds. The zero-order valence-electron chi connectivity index (χ0n) is 11.4. The summed E-state index contributed by atoms with van der Waals surface area (Å²) in [5.41, 5.74) is 2.77. The molecule has 0 radical (unpaired) electrons. The number of pyridine rings is 1. The van der Waals surface area contributed by atoms with Crippen molar-refractivity contribution >= 4 is 0 Å². The highest BCUT2D eigenvalue weighted by atomic mass is 14.9. The lowest BCUT2D eigenvalue weighted by molar-refractivity contribution is 0.391. The SMILES string of the molecule is CC1CCC(CNC2CCCc3cccnc32)C1. The summed E-state index contributed by atoms with van der Waals surface area (Å²) in [4.78, 5) is 4.60. The number of aryl methyl sites for hydroxylation is 1. The van der Waals surface area contributed by atoms with Gasteiger partial charge < -0.3 is 5.32 Å². The molecule has 1 saturated carbocycles. The van der Waals surface area contributed by atoms with Gasteiger partial charge in [0.05, 0.1) is 5.69 Å². The molecule has 2 aliphatic rings. The average Bonchev–Trinajstić information content (AvgIpc) is 2.82. The molecule has 1 aromatic heterocycles. The van der Waals surface area contributed by atoms with E-state index in [9.17, 15) is 0 Å². The van der Waals surface area contributed by atoms with Gasteiger partial charge in [-0.15, -0.1) is 0 Å². The molecule has 98 valence electrons. The Morgan fingerprint density at radius 2 is 2.28 bits per heavy atom. The van der Waals surface area contributed by atoms with Crippen LogP contribution in [0.15, 0.2) is 18.3 Å². The van der Waals surface area contributed by atoms with Crippen LogP contribution in [-0.4, -0.2) is 11.5 Å². The normalized spacial score (nSPS) is 31.3. The monoisotopic (exact) mass is 244 g/mol. The maximum absolute atomic E-state index is 4.60. The van der Waals surface area contributed by atoms with Crippen LogP contribution in [0.2, 0.25) is 0 Å². The maximum Gasteiger partial charge on any atom is 0.0605 e. The molecule has 0 aliphatic heterocycles. The lowest BCUT2D eigenvalue weighted by Crippen LogP contribution is -2.30. The van der Waals surface area contributed by atoms with Gasteiger partial charge in [0.25, 0.3) is 0 Å². The van der Waals surface area contributed by atoms with E-state index in [1.54, 1.807) is 0 Å². The predicted octanol–water partition coefficient (Wildman–Crippen LogP) is 3.48. The fraction of sp³-hybridized carbons (Fsp3) is 0.688. The van der Waals surface area contributed by atoms with Crippen molar-refractivity contribution in [3.05, 3.63) is 29.6 Å². The van der Waals surface area contributed by atoms with Crippen molar-refractivity contribution in [2.75, 3.05) is 6.54 Å². The molecule has 2 aliphatic carbocycles. The minimum atomic E-state index is 0.505. The van der Waals surface area contributed by atoms with Gasteiger partial charge in [-0.25, -0.2) is 0 Å². The number of hydrogen-bond donors (Lipinski definition) is 1. The first kappa shape index (κ1) is 12.2. The van der Waals surface area contributed by atoms with Gasteiger partial charge in [0.1, 0.15) is 0 Å². The first-order chi connectivity index (χ1) is 8.83. The van der Waals surface area contributed by atoms with Crippen LogP contribution in [0.25, 0.3) is 0 Å².